The van der Waals surface area contributed by atoms with Crippen LogP contribution < -0.4 is 10.4 Å². The van der Waals surface area contributed by atoms with E-state index < -0.39 is 0 Å². The molecule has 3 nitrogen and oxygen atoms in total. The lowest BCUT2D eigenvalue weighted by Gasteiger charge is -2.21. The van der Waals surface area contributed by atoms with Gasteiger partial charge >= 0.3 is 0 Å². The van der Waals surface area contributed by atoms with Gasteiger partial charge in [0.05, 0.1) is 6.61 Å². The number of hydrogen-bond acceptors (Lipinski definition) is 3. The van der Waals surface area contributed by atoms with Crippen molar-refractivity contribution in [2.24, 2.45) is 0 Å². The van der Waals surface area contributed by atoms with Gasteiger partial charge in [-0.2, -0.15) is 4.94 Å². The SMILES string of the molecule is ClNNC1CCCOC1. The molecule has 9 heavy (non-hydrogen) atoms. The highest BCUT2D eigenvalue weighted by Crippen LogP contribution is 2.04. The third-order valence-corrected chi connectivity index (χ3v) is 1.53. The molecule has 0 saturated carbocycles. The number of halogens is 1. The molecule has 1 atom stereocenters. The Morgan fingerprint density at radius 3 is 3.00 bits per heavy atom. The molecule has 1 rings (SSSR count). The van der Waals surface area contributed by atoms with Crippen molar-refractivity contribution in [2.45, 2.75) is 18.9 Å². The molecular weight excluding hydrogens is 140 g/mol. The van der Waals surface area contributed by atoms with E-state index in [1.165, 1.54) is 0 Å². The predicted octanol–water partition coefficient (Wildman–Crippen LogP) is 0.413. The molecule has 1 aliphatic heterocycles. The maximum Gasteiger partial charge on any atom is 0.0633 e. The number of nitrogens with one attached hydrogen (secondary N) is 2. The number of rotatable bonds is 2. The van der Waals surface area contributed by atoms with E-state index >= 15 is 0 Å². The molecule has 0 spiro atoms. The predicted molar refractivity (Wildman–Crippen MR) is 36.0 cm³/mol. The number of hydrazine groups is 1. The van der Waals surface area contributed by atoms with E-state index in [-0.39, 0.29) is 0 Å². The minimum Gasteiger partial charge on any atom is -0.380 e. The minimum absolute atomic E-state index is 0.385. The molecule has 0 amide bonds. The van der Waals surface area contributed by atoms with Crippen molar-refractivity contribution in [2.75, 3.05) is 13.2 Å². The van der Waals surface area contributed by atoms with Crippen LogP contribution in [0.4, 0.5) is 0 Å². The van der Waals surface area contributed by atoms with Crippen LogP contribution in [0.15, 0.2) is 0 Å². The second-order valence-electron chi connectivity index (χ2n) is 2.15. The van der Waals surface area contributed by atoms with Crippen molar-refractivity contribution in [3.05, 3.63) is 0 Å². The zero-order valence-electron chi connectivity index (χ0n) is 5.19. The first-order valence-electron chi connectivity index (χ1n) is 3.12. The summed E-state index contributed by atoms with van der Waals surface area (Å²) < 4.78 is 5.17. The van der Waals surface area contributed by atoms with Gasteiger partial charge in [0, 0.05) is 12.6 Å². The van der Waals surface area contributed by atoms with Gasteiger partial charge in [-0.3, -0.25) is 0 Å². The first-order chi connectivity index (χ1) is 4.43. The normalized spacial score (nSPS) is 28.3. The van der Waals surface area contributed by atoms with Gasteiger partial charge in [0.2, 0.25) is 0 Å². The molecule has 0 bridgehead atoms. The summed E-state index contributed by atoms with van der Waals surface area (Å²) in [5.74, 6) is 0. The largest absolute Gasteiger partial charge is 0.380 e. The summed E-state index contributed by atoms with van der Waals surface area (Å²) in [4.78, 5) is 2.38. The first-order valence-corrected chi connectivity index (χ1v) is 3.50. The van der Waals surface area contributed by atoms with Crippen LogP contribution in [0.2, 0.25) is 0 Å². The van der Waals surface area contributed by atoms with Crippen molar-refractivity contribution < 1.29 is 4.74 Å². The Balaban J connectivity index is 2.08. The summed E-state index contributed by atoms with van der Waals surface area (Å²) in [7, 11) is 0. The van der Waals surface area contributed by atoms with E-state index in [2.05, 4.69) is 10.4 Å². The quantitative estimate of drug-likeness (QED) is 0.442. The monoisotopic (exact) mass is 150 g/mol. The molecule has 0 aromatic rings. The van der Waals surface area contributed by atoms with E-state index in [1.54, 1.807) is 0 Å². The Morgan fingerprint density at radius 2 is 2.44 bits per heavy atom. The average molecular weight is 151 g/mol. The summed E-state index contributed by atoms with van der Waals surface area (Å²) in [6, 6.07) is 0.385. The van der Waals surface area contributed by atoms with Crippen molar-refractivity contribution in [1.29, 1.82) is 0 Å². The van der Waals surface area contributed by atoms with Gasteiger partial charge in [-0.25, -0.2) is 5.43 Å². The van der Waals surface area contributed by atoms with Crippen molar-refractivity contribution in [3.8, 4) is 0 Å². The maximum absolute atomic E-state index is 5.22. The van der Waals surface area contributed by atoms with Crippen LogP contribution in [0.1, 0.15) is 12.8 Å². The number of hydrogen-bond donors (Lipinski definition) is 2. The van der Waals surface area contributed by atoms with E-state index in [0.29, 0.717) is 6.04 Å². The summed E-state index contributed by atoms with van der Waals surface area (Å²) >= 11 is 5.22. The third kappa shape index (κ3) is 2.49. The van der Waals surface area contributed by atoms with E-state index in [9.17, 15) is 0 Å². The second-order valence-corrected chi connectivity index (χ2v) is 2.34. The van der Waals surface area contributed by atoms with Crippen molar-refractivity contribution >= 4 is 11.8 Å². The topological polar surface area (TPSA) is 33.3 Å². The van der Waals surface area contributed by atoms with Gasteiger partial charge < -0.3 is 4.74 Å². The fourth-order valence-electron chi connectivity index (χ4n) is 0.932. The molecule has 1 unspecified atom stereocenters. The van der Waals surface area contributed by atoms with Crippen LogP contribution in [-0.2, 0) is 4.74 Å². The van der Waals surface area contributed by atoms with Crippen LogP contribution in [-0.4, -0.2) is 19.3 Å². The Morgan fingerprint density at radius 1 is 1.56 bits per heavy atom. The second kappa shape index (κ2) is 4.06. The van der Waals surface area contributed by atoms with Gasteiger partial charge in [-0.15, -0.1) is 0 Å². The van der Waals surface area contributed by atoms with Gasteiger partial charge in [-0.1, -0.05) is 0 Å². The fraction of sp³-hybridized carbons (Fsp3) is 1.00. The third-order valence-electron chi connectivity index (χ3n) is 1.42. The standard InChI is InChI=1S/C5H11ClN2O/c6-8-7-5-2-1-3-9-4-5/h5,7-8H,1-4H2. The molecule has 1 fully saturated rings. The molecule has 4 heteroatoms. The Kier molecular flexibility index (Phi) is 3.28. The van der Waals surface area contributed by atoms with Crippen LogP contribution in [0.25, 0.3) is 0 Å². The summed E-state index contributed by atoms with van der Waals surface area (Å²) in [6.45, 7) is 1.65. The van der Waals surface area contributed by atoms with Gasteiger partial charge in [-0.05, 0) is 24.6 Å². The molecule has 0 aromatic carbocycles. The zero-order valence-corrected chi connectivity index (χ0v) is 5.95. The van der Waals surface area contributed by atoms with Crippen molar-refractivity contribution in [1.82, 2.24) is 10.4 Å². The van der Waals surface area contributed by atoms with Crippen LogP contribution >= 0.6 is 11.8 Å². The molecule has 2 N–H and O–H groups in total. The highest BCUT2D eigenvalue weighted by molar-refractivity contribution is 6.13. The zero-order chi connectivity index (χ0) is 6.53. The lowest BCUT2D eigenvalue weighted by atomic mass is 10.1. The molecule has 0 aromatic heterocycles. The Hall–Kier alpha value is 0.170. The number of ether oxygens (including phenoxy) is 1. The smallest absolute Gasteiger partial charge is 0.0633 e. The molecule has 1 saturated heterocycles. The fourth-order valence-corrected chi connectivity index (χ4v) is 1.09. The Labute approximate surface area is 59.8 Å². The summed E-state index contributed by atoms with van der Waals surface area (Å²) in [5.41, 5.74) is 2.87. The lowest BCUT2D eigenvalue weighted by molar-refractivity contribution is 0.0687. The van der Waals surface area contributed by atoms with Crippen molar-refractivity contribution in [3.63, 3.8) is 0 Å². The van der Waals surface area contributed by atoms with Gasteiger partial charge in [0.15, 0.2) is 0 Å². The molecule has 0 aliphatic carbocycles. The molecule has 1 heterocycles. The summed E-state index contributed by atoms with van der Waals surface area (Å²) in [6.07, 6.45) is 2.26. The molecule has 54 valence electrons. The lowest BCUT2D eigenvalue weighted by Crippen LogP contribution is -2.41. The van der Waals surface area contributed by atoms with Gasteiger partial charge in [0.1, 0.15) is 0 Å². The van der Waals surface area contributed by atoms with Crippen LogP contribution in [0.5, 0.6) is 0 Å². The Bertz CT molecular complexity index is 72.6. The molecular formula is C5H11ClN2O. The summed E-state index contributed by atoms with van der Waals surface area (Å²) in [5, 5.41) is 0. The van der Waals surface area contributed by atoms with E-state index in [4.69, 9.17) is 16.5 Å². The van der Waals surface area contributed by atoms with Gasteiger partial charge in [0.25, 0.3) is 0 Å². The average Bonchev–Trinajstić information content (AvgIpc) is 1.91. The molecule has 0 radical (unpaired) electrons. The first kappa shape index (κ1) is 7.28. The highest BCUT2D eigenvalue weighted by atomic mass is 35.5. The van der Waals surface area contributed by atoms with E-state index in [1.807, 2.05) is 0 Å². The molecule has 1 aliphatic rings. The maximum atomic E-state index is 5.22. The minimum atomic E-state index is 0.385. The van der Waals surface area contributed by atoms with Crippen LogP contribution in [0.3, 0.4) is 0 Å². The van der Waals surface area contributed by atoms with Crippen LogP contribution in [0, 0.1) is 0 Å². The highest BCUT2D eigenvalue weighted by Gasteiger charge is 2.11. The van der Waals surface area contributed by atoms with E-state index in [0.717, 1.165) is 26.1 Å².